The third-order valence-corrected chi connectivity index (χ3v) is 4.50. The van der Waals surface area contributed by atoms with E-state index in [1.165, 1.54) is 6.07 Å². The van der Waals surface area contributed by atoms with Crippen molar-refractivity contribution in [1.29, 1.82) is 0 Å². The summed E-state index contributed by atoms with van der Waals surface area (Å²) in [4.78, 5) is 13.0. The summed E-state index contributed by atoms with van der Waals surface area (Å²) in [7, 11) is 0. The second-order valence-electron chi connectivity index (χ2n) is 6.03. The number of hydrogen-bond acceptors (Lipinski definition) is 3. The number of para-hydroxylation sites is 1. The molecule has 26 heavy (non-hydrogen) atoms. The maximum absolute atomic E-state index is 14.4. The van der Waals surface area contributed by atoms with Crippen LogP contribution in [0.5, 0.6) is 0 Å². The van der Waals surface area contributed by atoms with E-state index < -0.39 is 0 Å². The van der Waals surface area contributed by atoms with E-state index in [9.17, 15) is 4.39 Å². The summed E-state index contributed by atoms with van der Waals surface area (Å²) in [6.07, 6.45) is 6.90. The second-order valence-corrected chi connectivity index (χ2v) is 6.03. The molecular weight excluding hydrogens is 327 g/mol. The van der Waals surface area contributed by atoms with Crippen molar-refractivity contribution in [1.82, 2.24) is 19.5 Å². The van der Waals surface area contributed by atoms with Crippen LogP contribution >= 0.6 is 0 Å². The fourth-order valence-corrected chi connectivity index (χ4v) is 3.25. The molecule has 0 amide bonds. The molecule has 0 unspecified atom stereocenters. The first-order valence-corrected chi connectivity index (χ1v) is 8.22. The molecule has 0 atom stereocenters. The summed E-state index contributed by atoms with van der Waals surface area (Å²) in [5.74, 6) is -0.290. The Bertz CT molecular complexity index is 1250. The predicted octanol–water partition coefficient (Wildman–Crippen LogP) is 4.77. The zero-order chi connectivity index (χ0) is 17.5. The van der Waals surface area contributed by atoms with E-state index in [1.807, 2.05) is 30.3 Å². The third-order valence-electron chi connectivity index (χ3n) is 4.50. The number of hydrogen-bond donors (Lipinski definition) is 0. The van der Waals surface area contributed by atoms with Gasteiger partial charge in [-0.2, -0.15) is 0 Å². The Kier molecular flexibility index (Phi) is 3.25. The van der Waals surface area contributed by atoms with Crippen LogP contribution < -0.4 is 0 Å². The molecular formula is C21H13FN4. The maximum Gasteiger partial charge on any atom is 0.147 e. The summed E-state index contributed by atoms with van der Waals surface area (Å²) in [5, 5.41) is 0.928. The predicted molar refractivity (Wildman–Crippen MR) is 99.6 cm³/mol. The highest BCUT2D eigenvalue weighted by atomic mass is 19.1. The van der Waals surface area contributed by atoms with E-state index in [2.05, 4.69) is 21.0 Å². The minimum atomic E-state index is -0.290. The van der Waals surface area contributed by atoms with Crippen molar-refractivity contribution in [2.45, 2.75) is 0 Å². The van der Waals surface area contributed by atoms with E-state index in [0.717, 1.165) is 33.1 Å². The zero-order valence-corrected chi connectivity index (χ0v) is 13.7. The number of benzene rings is 2. The van der Waals surface area contributed by atoms with Crippen molar-refractivity contribution in [3.8, 4) is 16.8 Å². The molecule has 5 heteroatoms. The Hall–Kier alpha value is -3.60. The van der Waals surface area contributed by atoms with Gasteiger partial charge in [0.15, 0.2) is 0 Å². The first-order valence-electron chi connectivity index (χ1n) is 8.22. The molecule has 5 rings (SSSR count). The molecule has 0 fully saturated rings. The van der Waals surface area contributed by atoms with Gasteiger partial charge in [-0.3, -0.25) is 14.5 Å². The molecule has 0 bridgehead atoms. The molecule has 0 aliphatic carbocycles. The lowest BCUT2D eigenvalue weighted by atomic mass is 10.0. The lowest BCUT2D eigenvalue weighted by molar-refractivity contribution is 0.619. The van der Waals surface area contributed by atoms with Gasteiger partial charge in [-0.05, 0) is 47.5 Å². The second kappa shape index (κ2) is 5.74. The van der Waals surface area contributed by atoms with Gasteiger partial charge in [0.2, 0.25) is 0 Å². The molecule has 0 saturated carbocycles. The molecule has 0 N–H and O–H groups in total. The van der Waals surface area contributed by atoms with Crippen molar-refractivity contribution >= 4 is 21.9 Å². The Balaban J connectivity index is 1.84. The molecule has 3 heterocycles. The van der Waals surface area contributed by atoms with Gasteiger partial charge in [-0.25, -0.2) is 9.37 Å². The van der Waals surface area contributed by atoms with E-state index in [4.69, 9.17) is 0 Å². The van der Waals surface area contributed by atoms with Crippen molar-refractivity contribution in [2.24, 2.45) is 0 Å². The maximum atomic E-state index is 14.4. The summed E-state index contributed by atoms with van der Waals surface area (Å²) < 4.78 is 16.1. The third kappa shape index (κ3) is 2.25. The van der Waals surface area contributed by atoms with Crippen LogP contribution in [-0.4, -0.2) is 19.5 Å². The van der Waals surface area contributed by atoms with E-state index >= 15 is 0 Å². The number of imidazole rings is 1. The largest absolute Gasteiger partial charge is 0.295 e. The summed E-state index contributed by atoms with van der Waals surface area (Å²) >= 11 is 0. The molecule has 3 aromatic heterocycles. The highest BCUT2D eigenvalue weighted by Gasteiger charge is 2.13. The van der Waals surface area contributed by atoms with Gasteiger partial charge >= 0.3 is 0 Å². The van der Waals surface area contributed by atoms with Gasteiger partial charge in [-0.1, -0.05) is 18.2 Å². The van der Waals surface area contributed by atoms with Gasteiger partial charge in [0.1, 0.15) is 17.7 Å². The van der Waals surface area contributed by atoms with E-state index in [1.54, 1.807) is 41.6 Å². The van der Waals surface area contributed by atoms with Crippen molar-refractivity contribution in [2.75, 3.05) is 0 Å². The number of fused-ring (bicyclic) bond motifs is 3. The molecule has 0 saturated heterocycles. The van der Waals surface area contributed by atoms with Crippen molar-refractivity contribution in [3.63, 3.8) is 0 Å². The van der Waals surface area contributed by atoms with Crippen LogP contribution in [0.15, 0.2) is 79.5 Å². The quantitative estimate of drug-likeness (QED) is 0.465. The highest BCUT2D eigenvalue weighted by molar-refractivity contribution is 6.04. The molecule has 4 nitrogen and oxygen atoms in total. The van der Waals surface area contributed by atoms with Crippen LogP contribution in [0.25, 0.3) is 38.8 Å². The average Bonchev–Trinajstić information content (AvgIpc) is 3.13. The lowest BCUT2D eigenvalue weighted by Crippen LogP contribution is -1.96. The van der Waals surface area contributed by atoms with Crippen LogP contribution in [0.2, 0.25) is 0 Å². The summed E-state index contributed by atoms with van der Waals surface area (Å²) in [6.45, 7) is 0. The Morgan fingerprint density at radius 1 is 0.808 bits per heavy atom. The minimum absolute atomic E-state index is 0.290. The van der Waals surface area contributed by atoms with Crippen molar-refractivity contribution < 1.29 is 4.39 Å². The Labute approximate surface area is 148 Å². The number of rotatable bonds is 2. The molecule has 124 valence electrons. The molecule has 5 aromatic rings. The van der Waals surface area contributed by atoms with Gasteiger partial charge in [0.05, 0.1) is 22.9 Å². The number of nitrogens with zero attached hydrogens (tertiary/aromatic N) is 4. The number of pyridine rings is 2. The number of aromatic nitrogens is 4. The van der Waals surface area contributed by atoms with E-state index in [0.29, 0.717) is 5.69 Å². The molecule has 0 aliphatic heterocycles. The SMILES string of the molecule is Fc1ccccc1-n1cnc2cnc3ccc(-c4ccncc4)cc3c21. The van der Waals surface area contributed by atoms with Gasteiger partial charge in [0.25, 0.3) is 0 Å². The number of halogens is 1. The fourth-order valence-electron chi connectivity index (χ4n) is 3.25. The van der Waals surface area contributed by atoms with Crippen LogP contribution in [0.1, 0.15) is 0 Å². The lowest BCUT2D eigenvalue weighted by Gasteiger charge is -2.09. The van der Waals surface area contributed by atoms with Crippen LogP contribution in [-0.2, 0) is 0 Å². The first kappa shape index (κ1) is 14.7. The van der Waals surface area contributed by atoms with Crippen LogP contribution in [0.3, 0.4) is 0 Å². The van der Waals surface area contributed by atoms with Crippen LogP contribution in [0, 0.1) is 5.82 Å². The van der Waals surface area contributed by atoms with Gasteiger partial charge in [-0.15, -0.1) is 0 Å². The Morgan fingerprint density at radius 3 is 2.50 bits per heavy atom. The summed E-state index contributed by atoms with van der Waals surface area (Å²) in [5.41, 5.74) is 5.00. The average molecular weight is 340 g/mol. The fraction of sp³-hybridized carbons (Fsp3) is 0. The Morgan fingerprint density at radius 2 is 1.65 bits per heavy atom. The van der Waals surface area contributed by atoms with Crippen LogP contribution in [0.4, 0.5) is 4.39 Å². The molecule has 2 aromatic carbocycles. The molecule has 0 radical (unpaired) electrons. The van der Waals surface area contributed by atoms with Crippen molar-refractivity contribution in [3.05, 3.63) is 85.3 Å². The minimum Gasteiger partial charge on any atom is -0.295 e. The summed E-state index contributed by atoms with van der Waals surface area (Å²) in [6, 6.07) is 16.7. The highest BCUT2D eigenvalue weighted by Crippen LogP contribution is 2.30. The molecule has 0 aliphatic rings. The zero-order valence-electron chi connectivity index (χ0n) is 13.7. The van der Waals surface area contributed by atoms with Gasteiger partial charge in [0, 0.05) is 17.8 Å². The molecule has 0 spiro atoms. The monoisotopic (exact) mass is 340 g/mol. The topological polar surface area (TPSA) is 43.6 Å². The smallest absolute Gasteiger partial charge is 0.147 e. The normalized spacial score (nSPS) is 11.3. The first-order chi connectivity index (χ1) is 12.8. The van der Waals surface area contributed by atoms with Gasteiger partial charge < -0.3 is 0 Å². The standard InChI is InChI=1S/C21H13FN4/c22-17-3-1-2-4-20(17)26-13-25-19-12-24-18-6-5-15(11-16(18)21(19)26)14-7-9-23-10-8-14/h1-13H. The van der Waals surface area contributed by atoms with E-state index in [-0.39, 0.29) is 5.82 Å².